The Bertz CT molecular complexity index is 1040. The van der Waals surface area contributed by atoms with Crippen LogP contribution in [0.4, 0.5) is 0 Å². The molecule has 4 rings (SSSR count). The Morgan fingerprint density at radius 1 is 1.22 bits per heavy atom. The highest BCUT2D eigenvalue weighted by Gasteiger charge is 2.56. The minimum Gasteiger partial charge on any atom is -0.484 e. The van der Waals surface area contributed by atoms with E-state index in [9.17, 15) is 9.90 Å². The summed E-state index contributed by atoms with van der Waals surface area (Å²) in [7, 11) is 0. The minimum atomic E-state index is -1.04. The van der Waals surface area contributed by atoms with Crippen LogP contribution in [-0.4, -0.2) is 23.6 Å². The first-order valence-electron chi connectivity index (χ1n) is 14.2. The van der Waals surface area contributed by atoms with Gasteiger partial charge in [-0.15, -0.1) is 0 Å². The zero-order valence-electron chi connectivity index (χ0n) is 23.8. The largest absolute Gasteiger partial charge is 0.484 e. The van der Waals surface area contributed by atoms with Crippen molar-refractivity contribution in [1.82, 2.24) is 0 Å². The molecule has 0 bridgehead atoms. The average Bonchev–Trinajstić information content (AvgIpc) is 2.88. The Labute approximate surface area is 230 Å². The zero-order valence-corrected chi connectivity index (χ0v) is 24.5. The first-order valence-corrected chi connectivity index (χ1v) is 14.6. The molecule has 1 aromatic rings. The Hall–Kier alpha value is -1.84. The van der Waals surface area contributed by atoms with Crippen molar-refractivity contribution in [3.63, 3.8) is 0 Å². The van der Waals surface area contributed by atoms with Crippen LogP contribution in [0.3, 0.4) is 0 Å². The summed E-state index contributed by atoms with van der Waals surface area (Å²) in [6, 6.07) is 5.49. The van der Waals surface area contributed by atoms with Crippen molar-refractivity contribution in [1.29, 1.82) is 0 Å². The smallest absolute Gasteiger partial charge is 0.199 e. The van der Waals surface area contributed by atoms with Crippen LogP contribution in [0, 0.1) is 35.5 Å². The number of aryl methyl sites for hydroxylation is 1. The lowest BCUT2D eigenvalue weighted by Gasteiger charge is -2.58. The second-order valence-corrected chi connectivity index (χ2v) is 12.2. The number of rotatable bonds is 7. The molecule has 0 aliphatic heterocycles. The third-order valence-corrected chi connectivity index (χ3v) is 9.71. The second kappa shape index (κ2) is 12.3. The maximum Gasteiger partial charge on any atom is 0.199 e. The van der Waals surface area contributed by atoms with Crippen LogP contribution in [0.2, 0.25) is 5.02 Å². The van der Waals surface area contributed by atoms with Crippen LogP contribution in [0.1, 0.15) is 85.1 Å². The van der Waals surface area contributed by atoms with Crippen molar-refractivity contribution < 1.29 is 14.6 Å². The molecule has 0 saturated heterocycles. The lowest BCUT2D eigenvalue weighted by atomic mass is 9.46. The van der Waals surface area contributed by atoms with Gasteiger partial charge in [-0.25, -0.2) is 0 Å². The number of aliphatic hydroxyl groups is 1. The van der Waals surface area contributed by atoms with E-state index < -0.39 is 11.5 Å². The van der Waals surface area contributed by atoms with Crippen LogP contribution < -0.4 is 4.74 Å². The Kier molecular flexibility index (Phi) is 9.91. The molecule has 0 heterocycles. The molecule has 5 unspecified atom stereocenters. The molecule has 0 spiro atoms. The zero-order chi connectivity index (χ0) is 27.4. The molecule has 3 aliphatic carbocycles. The molecular formula is C33H47ClO3. The minimum absolute atomic E-state index is 0.0547. The predicted molar refractivity (Wildman–Crippen MR) is 155 cm³/mol. The number of fused-ring (bicyclic) bond motifs is 3. The second-order valence-electron chi connectivity index (χ2n) is 11.8. The predicted octanol–water partition coefficient (Wildman–Crippen LogP) is 8.67. The molecular weight excluding hydrogens is 480 g/mol. The fourth-order valence-electron chi connectivity index (χ4n) is 7.05. The summed E-state index contributed by atoms with van der Waals surface area (Å²) < 4.78 is 5.72. The number of carbonyl (C=O) groups is 1. The van der Waals surface area contributed by atoms with Crippen molar-refractivity contribution in [3.05, 3.63) is 64.7 Å². The number of carbonyl (C=O) groups excluding carboxylic acids is 1. The van der Waals surface area contributed by atoms with Gasteiger partial charge in [-0.1, -0.05) is 102 Å². The van der Waals surface area contributed by atoms with Crippen LogP contribution in [0.25, 0.3) is 0 Å². The lowest BCUT2D eigenvalue weighted by molar-refractivity contribution is -0.148. The van der Waals surface area contributed by atoms with E-state index in [0.717, 1.165) is 43.2 Å². The van der Waals surface area contributed by atoms with E-state index in [4.69, 9.17) is 16.3 Å². The summed E-state index contributed by atoms with van der Waals surface area (Å²) in [6.07, 6.45) is 13.4. The number of hydrogen-bond donors (Lipinski definition) is 1. The number of allylic oxidation sites excluding steroid dienone is 5. The number of unbranched alkanes of at least 4 members (excludes halogenated alkanes) is 1. The quantitative estimate of drug-likeness (QED) is 0.386. The molecule has 0 radical (unpaired) electrons. The van der Waals surface area contributed by atoms with Crippen molar-refractivity contribution in [2.24, 2.45) is 28.6 Å². The summed E-state index contributed by atoms with van der Waals surface area (Å²) in [5.74, 6) is 1.53. The first-order chi connectivity index (χ1) is 17.5. The molecule has 4 heteroatoms. The average molecular weight is 527 g/mol. The molecule has 2 fully saturated rings. The first kappa shape index (κ1) is 29.7. The molecule has 204 valence electrons. The van der Waals surface area contributed by atoms with Crippen molar-refractivity contribution >= 4 is 17.4 Å². The van der Waals surface area contributed by atoms with Gasteiger partial charge >= 0.3 is 0 Å². The number of ketones is 1. The van der Waals surface area contributed by atoms with Gasteiger partial charge in [0.25, 0.3) is 0 Å². The van der Waals surface area contributed by atoms with Gasteiger partial charge in [-0.3, -0.25) is 4.79 Å². The molecule has 3 aliphatic rings. The third kappa shape index (κ3) is 6.09. The summed E-state index contributed by atoms with van der Waals surface area (Å²) in [4.78, 5) is 13.1. The fraction of sp³-hybridized carbons (Fsp3) is 0.606. The van der Waals surface area contributed by atoms with Gasteiger partial charge in [0.15, 0.2) is 5.78 Å². The molecule has 1 N–H and O–H groups in total. The lowest BCUT2D eigenvalue weighted by Crippen LogP contribution is -2.55. The van der Waals surface area contributed by atoms with Crippen LogP contribution >= 0.6 is 11.6 Å². The maximum atomic E-state index is 13.1. The van der Waals surface area contributed by atoms with Crippen molar-refractivity contribution in [2.45, 2.75) is 92.6 Å². The van der Waals surface area contributed by atoms with Gasteiger partial charge in [0.1, 0.15) is 18.5 Å². The summed E-state index contributed by atoms with van der Waals surface area (Å²) in [5.41, 5.74) is 3.22. The van der Waals surface area contributed by atoms with Gasteiger partial charge in [0.2, 0.25) is 0 Å². The van der Waals surface area contributed by atoms with Gasteiger partial charge in [0.05, 0.1) is 5.02 Å². The highest BCUT2D eigenvalue weighted by molar-refractivity contribution is 6.32. The SMILES string of the molecule is C=C1C=CC2(C)C(=C1)CCC1C2CCC(C)([C@@H](O)C(=O)COc2ccc(C)cc2Cl)C1CC.CCCC. The highest BCUT2D eigenvalue weighted by Crippen LogP contribution is 2.62. The number of aliphatic hydroxyl groups excluding tert-OH is 1. The van der Waals surface area contributed by atoms with E-state index in [1.165, 1.54) is 18.4 Å². The molecule has 3 nitrogen and oxygen atoms in total. The highest BCUT2D eigenvalue weighted by atomic mass is 35.5. The van der Waals surface area contributed by atoms with Gasteiger partial charge in [0, 0.05) is 10.8 Å². The topological polar surface area (TPSA) is 46.5 Å². The maximum absolute atomic E-state index is 13.1. The van der Waals surface area contributed by atoms with Gasteiger partial charge < -0.3 is 9.84 Å². The number of halogens is 1. The summed E-state index contributed by atoms with van der Waals surface area (Å²) in [5, 5.41) is 11.8. The van der Waals surface area contributed by atoms with Crippen LogP contribution in [0.5, 0.6) is 5.75 Å². The normalized spacial score (nSPS) is 31.3. The molecule has 0 aromatic heterocycles. The van der Waals surface area contributed by atoms with Gasteiger partial charge in [-0.2, -0.15) is 0 Å². The van der Waals surface area contributed by atoms with Crippen molar-refractivity contribution in [3.8, 4) is 5.75 Å². The molecule has 37 heavy (non-hydrogen) atoms. The van der Waals surface area contributed by atoms with E-state index in [-0.39, 0.29) is 23.7 Å². The third-order valence-electron chi connectivity index (χ3n) is 9.41. The Morgan fingerprint density at radius 2 is 1.92 bits per heavy atom. The van der Waals surface area contributed by atoms with E-state index >= 15 is 0 Å². The van der Waals surface area contributed by atoms with Crippen molar-refractivity contribution in [2.75, 3.05) is 6.61 Å². The number of hydrogen-bond acceptors (Lipinski definition) is 3. The van der Waals surface area contributed by atoms with Crippen LogP contribution in [-0.2, 0) is 4.79 Å². The van der Waals surface area contributed by atoms with E-state index in [1.807, 2.05) is 19.1 Å². The monoisotopic (exact) mass is 526 g/mol. The number of Topliss-reactive ketones (excluding diaryl/α,β-unsaturated/α-hetero) is 1. The standard InChI is InChI=1S/C29H37ClO3.C4H10/c1-6-22-21-9-8-20-15-19(3)11-13-28(20,4)23(21)12-14-29(22,5)27(32)25(31)17-33-26-10-7-18(2)16-24(26)30;1-3-4-2/h7,10-11,13,15-16,21-23,27,32H,3,6,8-9,12,14,17H2,1-2,4-5H3;3-4H2,1-2H3/t21?,22?,23?,27-,28?,29?;/m0./s1. The molecule has 6 atom stereocenters. The summed E-state index contributed by atoms with van der Waals surface area (Å²) in [6.45, 7) is 17.0. The Morgan fingerprint density at radius 3 is 2.54 bits per heavy atom. The van der Waals surface area contributed by atoms with Crippen LogP contribution in [0.15, 0.2) is 54.2 Å². The number of ether oxygens (including phenoxy) is 1. The summed E-state index contributed by atoms with van der Waals surface area (Å²) >= 11 is 6.25. The number of benzene rings is 1. The van der Waals surface area contributed by atoms with E-state index in [0.29, 0.717) is 22.6 Å². The molecule has 2 saturated carbocycles. The van der Waals surface area contributed by atoms with E-state index in [1.54, 1.807) is 6.07 Å². The molecule has 1 aromatic carbocycles. The Balaban J connectivity index is 0.000000886. The van der Waals surface area contributed by atoms with Gasteiger partial charge in [-0.05, 0) is 73.6 Å². The fourth-order valence-corrected chi connectivity index (χ4v) is 7.34. The molecule has 0 amide bonds. The van der Waals surface area contributed by atoms with E-state index in [2.05, 4.69) is 59.4 Å².